The summed E-state index contributed by atoms with van der Waals surface area (Å²) in [7, 11) is 0. The smallest absolute Gasteiger partial charge is 0.253 e. The van der Waals surface area contributed by atoms with Gasteiger partial charge in [-0.05, 0) is 68.3 Å². The fourth-order valence-electron chi connectivity index (χ4n) is 5.04. The number of nitrogens with zero attached hydrogens (tertiary/aromatic N) is 3. The zero-order valence-corrected chi connectivity index (χ0v) is 21.3. The number of rotatable bonds is 9. The van der Waals surface area contributed by atoms with Crippen molar-refractivity contribution in [3.63, 3.8) is 0 Å². The maximum Gasteiger partial charge on any atom is 0.253 e. The van der Waals surface area contributed by atoms with Crippen LogP contribution in [-0.2, 0) is 0 Å². The van der Waals surface area contributed by atoms with E-state index in [2.05, 4.69) is 88.8 Å². The van der Waals surface area contributed by atoms with Gasteiger partial charge >= 0.3 is 0 Å². The molecule has 5 heteroatoms. The van der Waals surface area contributed by atoms with Crippen LogP contribution in [0.4, 0.5) is 11.4 Å². The normalized spacial score (nSPS) is 14.9. The van der Waals surface area contributed by atoms with Crippen molar-refractivity contribution in [3.8, 4) is 0 Å². The highest BCUT2D eigenvalue weighted by atomic mass is 16.2. The molecule has 0 saturated carbocycles. The van der Waals surface area contributed by atoms with Crippen LogP contribution in [0.1, 0.15) is 48.3 Å². The molecule has 1 heterocycles. The van der Waals surface area contributed by atoms with E-state index >= 15 is 0 Å². The van der Waals surface area contributed by atoms with Crippen LogP contribution in [0.3, 0.4) is 0 Å². The number of carbonyl (C=O) groups is 1. The highest BCUT2D eigenvalue weighted by Crippen LogP contribution is 2.33. The molecule has 3 aromatic carbocycles. The number of para-hydroxylation sites is 1. The summed E-state index contributed by atoms with van der Waals surface area (Å²) in [5.41, 5.74) is 5.66. The van der Waals surface area contributed by atoms with Crippen LogP contribution in [0.15, 0.2) is 78.9 Å². The maximum atomic E-state index is 12.8. The molecule has 1 aliphatic rings. The summed E-state index contributed by atoms with van der Waals surface area (Å²) < 4.78 is 0. The van der Waals surface area contributed by atoms with Crippen LogP contribution in [-0.4, -0.2) is 61.5 Å². The first-order valence-electron chi connectivity index (χ1n) is 12.9. The quantitative estimate of drug-likeness (QED) is 0.459. The molecule has 1 saturated heterocycles. The Morgan fingerprint density at radius 3 is 2.09 bits per heavy atom. The average molecular weight is 471 g/mol. The molecule has 0 bridgehead atoms. The number of benzene rings is 3. The minimum absolute atomic E-state index is 0.101. The summed E-state index contributed by atoms with van der Waals surface area (Å²) >= 11 is 0. The molecule has 0 spiro atoms. The van der Waals surface area contributed by atoms with Gasteiger partial charge in [0, 0.05) is 62.8 Å². The molecule has 5 nitrogen and oxygen atoms in total. The summed E-state index contributed by atoms with van der Waals surface area (Å²) in [6.07, 6.45) is 0. The van der Waals surface area contributed by atoms with Crippen molar-refractivity contribution in [2.75, 3.05) is 50.7 Å². The summed E-state index contributed by atoms with van der Waals surface area (Å²) in [6, 6.07) is 27.9. The van der Waals surface area contributed by atoms with Gasteiger partial charge < -0.3 is 15.1 Å². The van der Waals surface area contributed by atoms with E-state index in [1.54, 1.807) is 0 Å². The average Bonchev–Trinajstić information content (AvgIpc) is 2.92. The van der Waals surface area contributed by atoms with Crippen molar-refractivity contribution >= 4 is 17.3 Å². The van der Waals surface area contributed by atoms with E-state index in [4.69, 9.17) is 0 Å². The fourth-order valence-corrected chi connectivity index (χ4v) is 5.04. The van der Waals surface area contributed by atoms with E-state index < -0.39 is 0 Å². The Hall–Kier alpha value is -3.15. The molecule has 4 rings (SSSR count). The van der Waals surface area contributed by atoms with Gasteiger partial charge in [-0.2, -0.15) is 0 Å². The van der Waals surface area contributed by atoms with Gasteiger partial charge in [-0.25, -0.2) is 0 Å². The Labute approximate surface area is 210 Å². The molecule has 1 N–H and O–H groups in total. The van der Waals surface area contributed by atoms with Gasteiger partial charge in [-0.3, -0.25) is 9.69 Å². The highest BCUT2D eigenvalue weighted by molar-refractivity contribution is 5.94. The second-order valence-electron chi connectivity index (χ2n) is 8.96. The lowest BCUT2D eigenvalue weighted by Gasteiger charge is -2.36. The standard InChI is InChI=1S/C30H38N4O/c1-4-32(5-2)30(35)25-17-15-24(16-18-25)29(33-21-19-31-20-22-33)26-11-10-14-28(23-26)34(6-3)27-12-8-7-9-13-27/h7-18,23,29,31H,4-6,19-22H2,1-3H3. The number of carbonyl (C=O) groups excluding carboxylic acids is 1. The molecule has 1 amide bonds. The number of amides is 1. The molecule has 1 aliphatic heterocycles. The summed E-state index contributed by atoms with van der Waals surface area (Å²) in [4.78, 5) is 19.6. The SMILES string of the molecule is CCN(CC)C(=O)c1ccc(C(c2cccc(N(CC)c3ccccc3)c2)N2CCNCC2)cc1. The first kappa shape index (κ1) is 25.0. The Morgan fingerprint density at radius 2 is 1.46 bits per heavy atom. The predicted molar refractivity (Wildman–Crippen MR) is 146 cm³/mol. The largest absolute Gasteiger partial charge is 0.342 e. The number of hydrogen-bond donors (Lipinski definition) is 1. The van der Waals surface area contributed by atoms with Crippen molar-refractivity contribution in [2.24, 2.45) is 0 Å². The zero-order chi connectivity index (χ0) is 24.6. The molecule has 1 fully saturated rings. The van der Waals surface area contributed by atoms with Gasteiger partial charge in [0.25, 0.3) is 5.91 Å². The third-order valence-corrected chi connectivity index (χ3v) is 6.92. The van der Waals surface area contributed by atoms with Gasteiger partial charge in [-0.1, -0.05) is 42.5 Å². The van der Waals surface area contributed by atoms with Crippen LogP contribution < -0.4 is 10.2 Å². The molecular weight excluding hydrogens is 432 g/mol. The van der Waals surface area contributed by atoms with E-state index in [1.807, 2.05) is 30.9 Å². The lowest BCUT2D eigenvalue weighted by atomic mass is 9.94. The van der Waals surface area contributed by atoms with Gasteiger partial charge in [0.2, 0.25) is 0 Å². The molecule has 1 unspecified atom stereocenters. The number of piperazine rings is 1. The maximum absolute atomic E-state index is 12.8. The van der Waals surface area contributed by atoms with Gasteiger partial charge in [-0.15, -0.1) is 0 Å². The fraction of sp³-hybridized carbons (Fsp3) is 0.367. The summed E-state index contributed by atoms with van der Waals surface area (Å²) in [5.74, 6) is 0.101. The van der Waals surface area contributed by atoms with Crippen molar-refractivity contribution < 1.29 is 4.79 Å². The molecule has 35 heavy (non-hydrogen) atoms. The minimum Gasteiger partial charge on any atom is -0.342 e. The van der Waals surface area contributed by atoms with E-state index in [1.165, 1.54) is 22.5 Å². The molecule has 1 atom stereocenters. The van der Waals surface area contributed by atoms with Crippen LogP contribution >= 0.6 is 0 Å². The van der Waals surface area contributed by atoms with E-state index in [9.17, 15) is 4.79 Å². The number of anilines is 2. The second-order valence-corrected chi connectivity index (χ2v) is 8.96. The first-order chi connectivity index (χ1) is 17.2. The van der Waals surface area contributed by atoms with E-state index in [0.29, 0.717) is 0 Å². The molecule has 0 radical (unpaired) electrons. The summed E-state index contributed by atoms with van der Waals surface area (Å²) in [6.45, 7) is 12.5. The van der Waals surface area contributed by atoms with Crippen LogP contribution in [0.25, 0.3) is 0 Å². The monoisotopic (exact) mass is 470 g/mol. The van der Waals surface area contributed by atoms with Gasteiger partial charge in [0.05, 0.1) is 6.04 Å². The highest BCUT2D eigenvalue weighted by Gasteiger charge is 2.25. The third-order valence-electron chi connectivity index (χ3n) is 6.92. The molecular formula is C30H38N4O. The lowest BCUT2D eigenvalue weighted by Crippen LogP contribution is -2.45. The van der Waals surface area contributed by atoms with Crippen LogP contribution in [0.2, 0.25) is 0 Å². The molecule has 0 aromatic heterocycles. The minimum atomic E-state index is 0.101. The van der Waals surface area contributed by atoms with Crippen molar-refractivity contribution in [1.29, 1.82) is 0 Å². The topological polar surface area (TPSA) is 38.8 Å². The molecule has 184 valence electrons. The lowest BCUT2D eigenvalue weighted by molar-refractivity contribution is 0.0773. The van der Waals surface area contributed by atoms with E-state index in [-0.39, 0.29) is 11.9 Å². The number of nitrogens with one attached hydrogen (secondary N) is 1. The Bertz CT molecular complexity index is 1070. The second kappa shape index (κ2) is 12.0. The van der Waals surface area contributed by atoms with E-state index in [0.717, 1.165) is 51.4 Å². The predicted octanol–water partition coefficient (Wildman–Crippen LogP) is 5.32. The van der Waals surface area contributed by atoms with Crippen LogP contribution in [0, 0.1) is 0 Å². The third kappa shape index (κ3) is 5.75. The Kier molecular flexibility index (Phi) is 8.56. The molecule has 0 aliphatic carbocycles. The zero-order valence-electron chi connectivity index (χ0n) is 21.3. The number of hydrogen-bond acceptors (Lipinski definition) is 4. The summed E-state index contributed by atoms with van der Waals surface area (Å²) in [5, 5.41) is 3.48. The van der Waals surface area contributed by atoms with Crippen molar-refractivity contribution in [2.45, 2.75) is 26.8 Å². The van der Waals surface area contributed by atoms with Gasteiger partial charge in [0.15, 0.2) is 0 Å². The van der Waals surface area contributed by atoms with Crippen molar-refractivity contribution in [1.82, 2.24) is 15.1 Å². The Morgan fingerprint density at radius 1 is 0.800 bits per heavy atom. The van der Waals surface area contributed by atoms with Gasteiger partial charge in [0.1, 0.15) is 0 Å². The molecule has 3 aromatic rings. The Balaban J connectivity index is 1.69. The van der Waals surface area contributed by atoms with Crippen LogP contribution in [0.5, 0.6) is 0 Å². The van der Waals surface area contributed by atoms with Crippen molar-refractivity contribution in [3.05, 3.63) is 95.6 Å². The first-order valence-corrected chi connectivity index (χ1v) is 12.9.